The first-order valence-corrected chi connectivity index (χ1v) is 7.39. The molecule has 110 valence electrons. The highest BCUT2D eigenvalue weighted by atomic mass is 16.3. The van der Waals surface area contributed by atoms with Crippen molar-refractivity contribution in [1.82, 2.24) is 9.80 Å². The quantitative estimate of drug-likeness (QED) is 0.909. The average Bonchev–Trinajstić information content (AvgIpc) is 2.49. The molecule has 0 radical (unpaired) electrons. The first-order valence-electron chi connectivity index (χ1n) is 7.39. The maximum absolute atomic E-state index is 11.8. The van der Waals surface area contributed by atoms with Crippen molar-refractivity contribution in [1.29, 1.82) is 0 Å². The number of rotatable bonds is 4. The van der Waals surface area contributed by atoms with Gasteiger partial charge in [0, 0.05) is 32.2 Å². The molecule has 0 aromatic heterocycles. The van der Waals surface area contributed by atoms with Crippen molar-refractivity contribution in [3.05, 3.63) is 35.9 Å². The number of hydrogen-bond donors (Lipinski definition) is 1. The average molecular weight is 276 g/mol. The summed E-state index contributed by atoms with van der Waals surface area (Å²) in [5, 5.41) is 9.37. The lowest BCUT2D eigenvalue weighted by molar-refractivity contribution is -0.141. The minimum Gasteiger partial charge on any atom is -0.384 e. The number of carbonyl (C=O) groups excluding carboxylic acids is 1. The van der Waals surface area contributed by atoms with Crippen LogP contribution in [0.25, 0.3) is 0 Å². The minimum atomic E-state index is -0.891. The molecule has 0 saturated carbocycles. The minimum absolute atomic E-state index is 0.155. The molecule has 1 amide bonds. The van der Waals surface area contributed by atoms with Gasteiger partial charge in [0.05, 0.1) is 0 Å². The Morgan fingerprint density at radius 3 is 2.30 bits per heavy atom. The van der Waals surface area contributed by atoms with Gasteiger partial charge < -0.3 is 10.0 Å². The van der Waals surface area contributed by atoms with E-state index in [4.69, 9.17) is 0 Å². The molecule has 1 aliphatic heterocycles. The second-order valence-electron chi connectivity index (χ2n) is 5.37. The highest BCUT2D eigenvalue weighted by Crippen LogP contribution is 2.25. The summed E-state index contributed by atoms with van der Waals surface area (Å²) in [6, 6.07) is 10.9. The smallest absolute Gasteiger partial charge is 0.251 e. The van der Waals surface area contributed by atoms with Crippen LogP contribution in [0.1, 0.15) is 31.9 Å². The molecule has 1 aliphatic rings. The second-order valence-corrected chi connectivity index (χ2v) is 5.37. The van der Waals surface area contributed by atoms with Crippen LogP contribution in [0.4, 0.5) is 0 Å². The van der Waals surface area contributed by atoms with Crippen molar-refractivity contribution < 1.29 is 9.90 Å². The Bertz CT molecular complexity index is 425. The number of benzene rings is 1. The van der Waals surface area contributed by atoms with Gasteiger partial charge in [0.25, 0.3) is 5.91 Å². The van der Waals surface area contributed by atoms with E-state index < -0.39 is 6.10 Å². The van der Waals surface area contributed by atoms with E-state index in [0.29, 0.717) is 19.1 Å². The van der Waals surface area contributed by atoms with Gasteiger partial charge in [-0.1, -0.05) is 37.3 Å². The number of aliphatic hydroxyl groups is 1. The van der Waals surface area contributed by atoms with Crippen LogP contribution in [0.3, 0.4) is 0 Å². The summed E-state index contributed by atoms with van der Waals surface area (Å²) < 4.78 is 0. The lowest BCUT2D eigenvalue weighted by atomic mass is 10.0. The Balaban J connectivity index is 1.97. The second kappa shape index (κ2) is 6.86. The van der Waals surface area contributed by atoms with Crippen LogP contribution in [-0.4, -0.2) is 53.1 Å². The molecule has 1 N–H and O–H groups in total. The summed E-state index contributed by atoms with van der Waals surface area (Å²) in [6.45, 7) is 6.87. The predicted molar refractivity (Wildman–Crippen MR) is 79.3 cm³/mol. The number of amides is 1. The number of carbonyl (C=O) groups is 1. The molecular weight excluding hydrogens is 252 g/mol. The summed E-state index contributed by atoms with van der Waals surface area (Å²) in [7, 11) is 0. The largest absolute Gasteiger partial charge is 0.384 e. The molecule has 4 nitrogen and oxygen atoms in total. The Labute approximate surface area is 121 Å². The summed E-state index contributed by atoms with van der Waals surface area (Å²) in [6.07, 6.45) is 0.173. The molecule has 0 spiro atoms. The molecule has 1 aromatic rings. The van der Waals surface area contributed by atoms with E-state index in [0.717, 1.165) is 19.5 Å². The van der Waals surface area contributed by atoms with Crippen molar-refractivity contribution in [2.45, 2.75) is 32.4 Å². The maximum Gasteiger partial charge on any atom is 0.251 e. The van der Waals surface area contributed by atoms with Crippen molar-refractivity contribution in [3.63, 3.8) is 0 Å². The topological polar surface area (TPSA) is 43.8 Å². The number of aliphatic hydroxyl groups excluding tert-OH is 1. The summed E-state index contributed by atoms with van der Waals surface area (Å²) >= 11 is 0. The summed E-state index contributed by atoms with van der Waals surface area (Å²) in [5.74, 6) is -0.155. The molecule has 2 rings (SSSR count). The van der Waals surface area contributed by atoms with Crippen LogP contribution in [0.2, 0.25) is 0 Å². The van der Waals surface area contributed by atoms with Crippen molar-refractivity contribution in [2.24, 2.45) is 0 Å². The lowest BCUT2D eigenvalue weighted by Gasteiger charge is -2.39. The van der Waals surface area contributed by atoms with E-state index in [1.165, 1.54) is 12.5 Å². The summed E-state index contributed by atoms with van der Waals surface area (Å²) in [4.78, 5) is 16.0. The Hall–Kier alpha value is -1.39. The molecule has 1 saturated heterocycles. The standard InChI is InChI=1S/C16H24N2O2/c1-3-15(14-7-5-4-6-8-14)17-9-11-18(12-10-17)16(20)13(2)19/h4-8,13,15,19H,3,9-12H2,1-2H3. The fourth-order valence-corrected chi connectivity index (χ4v) is 2.90. The molecule has 1 aromatic carbocycles. The van der Waals surface area contributed by atoms with Gasteiger partial charge >= 0.3 is 0 Å². The van der Waals surface area contributed by atoms with Gasteiger partial charge in [-0.2, -0.15) is 0 Å². The van der Waals surface area contributed by atoms with Crippen molar-refractivity contribution in [3.8, 4) is 0 Å². The third-order valence-electron chi connectivity index (χ3n) is 4.00. The van der Waals surface area contributed by atoms with Crippen molar-refractivity contribution >= 4 is 5.91 Å². The van der Waals surface area contributed by atoms with E-state index in [1.807, 2.05) is 6.07 Å². The SMILES string of the molecule is CCC(c1ccccc1)N1CCN(C(=O)C(C)O)CC1. The van der Waals surface area contributed by atoms with E-state index >= 15 is 0 Å². The van der Waals surface area contributed by atoms with Crippen LogP contribution in [0.5, 0.6) is 0 Å². The Morgan fingerprint density at radius 2 is 1.80 bits per heavy atom. The molecule has 1 fully saturated rings. The van der Waals surface area contributed by atoms with E-state index in [-0.39, 0.29) is 5.91 Å². The lowest BCUT2D eigenvalue weighted by Crippen LogP contribution is -2.51. The van der Waals surface area contributed by atoms with E-state index in [1.54, 1.807) is 4.90 Å². The Morgan fingerprint density at radius 1 is 1.20 bits per heavy atom. The number of piperazine rings is 1. The first-order chi connectivity index (χ1) is 9.63. The van der Waals surface area contributed by atoms with Crippen LogP contribution in [0.15, 0.2) is 30.3 Å². The predicted octanol–water partition coefficient (Wildman–Crippen LogP) is 1.66. The number of hydrogen-bond acceptors (Lipinski definition) is 3. The van der Waals surface area contributed by atoms with Crippen LogP contribution >= 0.6 is 0 Å². The molecule has 1 heterocycles. The third-order valence-corrected chi connectivity index (χ3v) is 4.00. The zero-order chi connectivity index (χ0) is 14.5. The zero-order valence-corrected chi connectivity index (χ0v) is 12.3. The van der Waals surface area contributed by atoms with E-state index in [9.17, 15) is 9.90 Å². The van der Waals surface area contributed by atoms with Gasteiger partial charge in [-0.05, 0) is 18.9 Å². The molecule has 4 heteroatoms. The van der Waals surface area contributed by atoms with Crippen molar-refractivity contribution in [2.75, 3.05) is 26.2 Å². The fourth-order valence-electron chi connectivity index (χ4n) is 2.90. The Kier molecular flexibility index (Phi) is 5.15. The fraction of sp³-hybridized carbons (Fsp3) is 0.562. The maximum atomic E-state index is 11.8. The van der Waals surface area contributed by atoms with Gasteiger partial charge in [-0.25, -0.2) is 0 Å². The van der Waals surface area contributed by atoms with E-state index in [2.05, 4.69) is 36.1 Å². The normalized spacial score (nSPS) is 19.6. The molecule has 2 unspecified atom stereocenters. The van der Waals surface area contributed by atoms with Gasteiger partial charge in [-0.15, -0.1) is 0 Å². The molecular formula is C16H24N2O2. The van der Waals surface area contributed by atoms with Gasteiger partial charge in [0.15, 0.2) is 0 Å². The zero-order valence-electron chi connectivity index (χ0n) is 12.3. The molecule has 2 atom stereocenters. The highest BCUT2D eigenvalue weighted by Gasteiger charge is 2.27. The molecule has 0 bridgehead atoms. The molecule has 20 heavy (non-hydrogen) atoms. The van der Waals surface area contributed by atoms with Gasteiger partial charge in [-0.3, -0.25) is 9.69 Å². The van der Waals surface area contributed by atoms with Crippen LogP contribution < -0.4 is 0 Å². The number of nitrogens with zero attached hydrogens (tertiary/aromatic N) is 2. The monoisotopic (exact) mass is 276 g/mol. The molecule has 0 aliphatic carbocycles. The highest BCUT2D eigenvalue weighted by molar-refractivity contribution is 5.80. The van der Waals surface area contributed by atoms with Gasteiger partial charge in [0.1, 0.15) is 6.10 Å². The van der Waals surface area contributed by atoms with Crippen LogP contribution in [0, 0.1) is 0 Å². The summed E-state index contributed by atoms with van der Waals surface area (Å²) in [5.41, 5.74) is 1.34. The first kappa shape index (κ1) is 15.0. The van der Waals surface area contributed by atoms with Crippen LogP contribution in [-0.2, 0) is 4.79 Å². The third kappa shape index (κ3) is 3.38. The van der Waals surface area contributed by atoms with Gasteiger partial charge in [0.2, 0.25) is 0 Å².